The van der Waals surface area contributed by atoms with Gasteiger partial charge in [-0.25, -0.2) is 0 Å². The molecule has 0 unspecified atom stereocenters. The fourth-order valence-corrected chi connectivity index (χ4v) is 2.80. The minimum absolute atomic E-state index is 0.0616. The van der Waals surface area contributed by atoms with Crippen LogP contribution < -0.4 is 0 Å². The number of nitrogens with zero attached hydrogens (tertiary/aromatic N) is 1. The lowest BCUT2D eigenvalue weighted by molar-refractivity contribution is -0.129. The van der Waals surface area contributed by atoms with Crippen LogP contribution >= 0.6 is 0 Å². The molecule has 3 rings (SSSR count). The second-order valence-electron chi connectivity index (χ2n) is 5.38. The fraction of sp³-hybridized carbons (Fsp3) is 0.400. The predicted octanol–water partition coefficient (Wildman–Crippen LogP) is 0.583. The number of aromatic nitrogens is 1. The van der Waals surface area contributed by atoms with Crippen molar-refractivity contribution in [1.82, 2.24) is 9.88 Å². The number of aliphatic hydroxyl groups is 2. The molecular formula is C15H18N2O3. The van der Waals surface area contributed by atoms with Crippen LogP contribution in [0.3, 0.4) is 0 Å². The number of β-amino-alcohol motifs (C(OH)–C–C–N with tert-alkyl or cyclic N) is 2. The van der Waals surface area contributed by atoms with Crippen LogP contribution in [0.1, 0.15) is 11.3 Å². The summed E-state index contributed by atoms with van der Waals surface area (Å²) in [4.78, 5) is 17.1. The van der Waals surface area contributed by atoms with Gasteiger partial charge in [0.1, 0.15) is 0 Å². The van der Waals surface area contributed by atoms with E-state index in [4.69, 9.17) is 0 Å². The van der Waals surface area contributed by atoms with Crippen molar-refractivity contribution < 1.29 is 15.0 Å². The van der Waals surface area contributed by atoms with Crippen molar-refractivity contribution >= 4 is 16.8 Å². The van der Waals surface area contributed by atoms with Crippen LogP contribution in [0.2, 0.25) is 0 Å². The maximum absolute atomic E-state index is 12.3. The first-order valence-corrected chi connectivity index (χ1v) is 6.76. The maximum atomic E-state index is 12.3. The predicted molar refractivity (Wildman–Crippen MR) is 75.3 cm³/mol. The molecule has 2 atom stereocenters. The van der Waals surface area contributed by atoms with Crippen LogP contribution in [0.4, 0.5) is 0 Å². The van der Waals surface area contributed by atoms with Crippen molar-refractivity contribution in [3.05, 3.63) is 35.5 Å². The number of rotatable bonds is 2. The van der Waals surface area contributed by atoms with Gasteiger partial charge >= 0.3 is 0 Å². The Kier molecular flexibility index (Phi) is 3.23. The highest BCUT2D eigenvalue weighted by molar-refractivity contribution is 5.90. The topological polar surface area (TPSA) is 76.6 Å². The highest BCUT2D eigenvalue weighted by Gasteiger charge is 2.32. The minimum atomic E-state index is -0.831. The van der Waals surface area contributed by atoms with Crippen LogP contribution in [-0.4, -0.2) is 51.3 Å². The van der Waals surface area contributed by atoms with E-state index in [1.165, 1.54) is 4.90 Å². The Bertz CT molecular complexity index is 640. The van der Waals surface area contributed by atoms with Crippen molar-refractivity contribution in [3.63, 3.8) is 0 Å². The molecule has 0 spiro atoms. The smallest absolute Gasteiger partial charge is 0.227 e. The third-order valence-electron chi connectivity index (χ3n) is 3.97. The Hall–Kier alpha value is -1.85. The molecule has 0 saturated carbocycles. The SMILES string of the molecule is Cc1[nH]c2ccccc2c1CC(=O)N1C[C@@H](O)[C@@H](O)C1. The first kappa shape index (κ1) is 13.1. The zero-order valence-electron chi connectivity index (χ0n) is 11.3. The third-order valence-corrected chi connectivity index (χ3v) is 3.97. The van der Waals surface area contributed by atoms with Crippen molar-refractivity contribution in [2.45, 2.75) is 25.6 Å². The van der Waals surface area contributed by atoms with E-state index in [1.807, 2.05) is 31.2 Å². The molecule has 0 radical (unpaired) electrons. The monoisotopic (exact) mass is 274 g/mol. The molecule has 0 aliphatic carbocycles. The zero-order chi connectivity index (χ0) is 14.3. The second-order valence-corrected chi connectivity index (χ2v) is 5.38. The van der Waals surface area contributed by atoms with Gasteiger partial charge in [-0.05, 0) is 18.6 Å². The molecule has 1 aliphatic rings. The van der Waals surface area contributed by atoms with Gasteiger partial charge in [0.2, 0.25) is 5.91 Å². The van der Waals surface area contributed by atoms with E-state index >= 15 is 0 Å². The number of nitrogens with one attached hydrogen (secondary N) is 1. The molecule has 1 aromatic heterocycles. The average molecular weight is 274 g/mol. The van der Waals surface area contributed by atoms with Crippen LogP contribution in [0.5, 0.6) is 0 Å². The number of carbonyl (C=O) groups is 1. The van der Waals surface area contributed by atoms with E-state index < -0.39 is 12.2 Å². The number of benzene rings is 1. The van der Waals surface area contributed by atoms with Crippen LogP contribution in [0.15, 0.2) is 24.3 Å². The van der Waals surface area contributed by atoms with Gasteiger partial charge in [-0.15, -0.1) is 0 Å². The molecule has 2 heterocycles. The Morgan fingerprint density at radius 1 is 1.30 bits per heavy atom. The molecule has 20 heavy (non-hydrogen) atoms. The number of likely N-dealkylation sites (tertiary alicyclic amines) is 1. The number of fused-ring (bicyclic) bond motifs is 1. The van der Waals surface area contributed by atoms with Gasteiger partial charge < -0.3 is 20.1 Å². The molecule has 1 amide bonds. The van der Waals surface area contributed by atoms with Crippen LogP contribution in [0, 0.1) is 6.92 Å². The quantitative estimate of drug-likeness (QED) is 0.750. The molecular weight excluding hydrogens is 256 g/mol. The second kappa shape index (κ2) is 4.92. The van der Waals surface area contributed by atoms with Gasteiger partial charge in [-0.2, -0.15) is 0 Å². The van der Waals surface area contributed by atoms with Crippen LogP contribution in [-0.2, 0) is 11.2 Å². The van der Waals surface area contributed by atoms with Gasteiger partial charge in [0, 0.05) is 29.7 Å². The summed E-state index contributed by atoms with van der Waals surface area (Å²) in [6.45, 7) is 2.37. The summed E-state index contributed by atoms with van der Waals surface area (Å²) in [7, 11) is 0. The molecule has 1 aliphatic heterocycles. The van der Waals surface area contributed by atoms with Gasteiger partial charge in [-0.3, -0.25) is 4.79 Å². The fourth-order valence-electron chi connectivity index (χ4n) is 2.80. The molecule has 1 fully saturated rings. The molecule has 0 bridgehead atoms. The summed E-state index contributed by atoms with van der Waals surface area (Å²) in [5.41, 5.74) is 3.00. The number of carbonyl (C=O) groups excluding carboxylic acids is 1. The number of H-pyrrole nitrogens is 1. The largest absolute Gasteiger partial charge is 0.388 e. The van der Waals surface area contributed by atoms with E-state index in [-0.39, 0.29) is 25.4 Å². The average Bonchev–Trinajstić information content (AvgIpc) is 2.91. The summed E-state index contributed by atoms with van der Waals surface area (Å²) in [5, 5.41) is 20.1. The first-order valence-electron chi connectivity index (χ1n) is 6.76. The van der Waals surface area contributed by atoms with Gasteiger partial charge in [-0.1, -0.05) is 18.2 Å². The Labute approximate surface area is 116 Å². The lowest BCUT2D eigenvalue weighted by Gasteiger charge is -2.15. The van der Waals surface area contributed by atoms with Crippen molar-refractivity contribution in [2.24, 2.45) is 0 Å². The van der Waals surface area contributed by atoms with E-state index in [1.54, 1.807) is 0 Å². The minimum Gasteiger partial charge on any atom is -0.388 e. The summed E-state index contributed by atoms with van der Waals surface area (Å²) >= 11 is 0. The van der Waals surface area contributed by atoms with E-state index in [2.05, 4.69) is 4.98 Å². The standard InChI is InChI=1S/C15H18N2O3/c1-9-11(10-4-2-3-5-12(10)16-9)6-15(20)17-7-13(18)14(19)8-17/h2-5,13-14,16,18-19H,6-8H2,1H3/t13-,14+. The molecule has 2 aromatic rings. The molecule has 1 aromatic carbocycles. The van der Waals surface area contributed by atoms with E-state index in [9.17, 15) is 15.0 Å². The zero-order valence-corrected chi connectivity index (χ0v) is 11.3. The highest BCUT2D eigenvalue weighted by atomic mass is 16.3. The summed E-state index contributed by atoms with van der Waals surface area (Å²) in [6.07, 6.45) is -1.37. The highest BCUT2D eigenvalue weighted by Crippen LogP contribution is 2.23. The molecule has 5 nitrogen and oxygen atoms in total. The maximum Gasteiger partial charge on any atom is 0.227 e. The summed E-state index contributed by atoms with van der Waals surface area (Å²) in [5.74, 6) is -0.0616. The number of hydrogen-bond acceptors (Lipinski definition) is 3. The van der Waals surface area contributed by atoms with E-state index in [0.29, 0.717) is 0 Å². The summed E-state index contributed by atoms with van der Waals surface area (Å²) in [6, 6.07) is 7.89. The molecule has 106 valence electrons. The van der Waals surface area contributed by atoms with Gasteiger partial charge in [0.15, 0.2) is 0 Å². The Morgan fingerprint density at radius 3 is 2.65 bits per heavy atom. The van der Waals surface area contributed by atoms with E-state index in [0.717, 1.165) is 22.2 Å². The van der Waals surface area contributed by atoms with Crippen molar-refractivity contribution in [1.29, 1.82) is 0 Å². The number of amides is 1. The molecule has 5 heteroatoms. The number of para-hydroxylation sites is 1. The normalized spacial score (nSPS) is 22.6. The number of hydrogen-bond donors (Lipinski definition) is 3. The Morgan fingerprint density at radius 2 is 1.95 bits per heavy atom. The number of aromatic amines is 1. The number of aliphatic hydroxyl groups excluding tert-OH is 2. The molecule has 1 saturated heterocycles. The lowest BCUT2D eigenvalue weighted by atomic mass is 10.1. The molecule has 3 N–H and O–H groups in total. The summed E-state index contributed by atoms with van der Waals surface area (Å²) < 4.78 is 0. The first-order chi connectivity index (χ1) is 9.56. The van der Waals surface area contributed by atoms with Gasteiger partial charge in [0.25, 0.3) is 0 Å². The van der Waals surface area contributed by atoms with Crippen molar-refractivity contribution in [2.75, 3.05) is 13.1 Å². The van der Waals surface area contributed by atoms with Crippen LogP contribution in [0.25, 0.3) is 10.9 Å². The third kappa shape index (κ3) is 2.19. The lowest BCUT2D eigenvalue weighted by Crippen LogP contribution is -2.31. The van der Waals surface area contributed by atoms with Crippen molar-refractivity contribution in [3.8, 4) is 0 Å². The Balaban J connectivity index is 1.83. The number of aryl methyl sites for hydroxylation is 1. The van der Waals surface area contributed by atoms with Gasteiger partial charge in [0.05, 0.1) is 18.6 Å².